The minimum Gasteiger partial charge on any atom is -0.308 e. The molecule has 1 N–H and O–H groups in total. The summed E-state index contributed by atoms with van der Waals surface area (Å²) < 4.78 is 0. The van der Waals surface area contributed by atoms with Crippen LogP contribution in [0.4, 0.5) is 0 Å². The topological polar surface area (TPSA) is 15.3 Å². The third-order valence-corrected chi connectivity index (χ3v) is 2.61. The van der Waals surface area contributed by atoms with Gasteiger partial charge in [-0.1, -0.05) is 30.3 Å². The van der Waals surface area contributed by atoms with E-state index in [1.165, 1.54) is 10.5 Å². The van der Waals surface area contributed by atoms with Gasteiger partial charge in [0.2, 0.25) is 0 Å². The third-order valence-electron chi connectivity index (χ3n) is 1.67. The Morgan fingerprint density at radius 3 is 2.58 bits per heavy atom. The van der Waals surface area contributed by atoms with Gasteiger partial charge < -0.3 is 5.01 Å². The molecular formula is C9H10N2S. The molecule has 1 aliphatic rings. The van der Waals surface area contributed by atoms with Gasteiger partial charge in [0.25, 0.3) is 0 Å². The molecule has 0 bridgehead atoms. The first-order chi connectivity index (χ1) is 5.86. The molecule has 0 saturated carbocycles. The number of nitrogens with one attached hydrogen (secondary N) is 1. The monoisotopic (exact) mass is 178 g/mol. The summed E-state index contributed by atoms with van der Waals surface area (Å²) in [4.78, 5) is 4.39. The van der Waals surface area contributed by atoms with Crippen LogP contribution in [0.3, 0.4) is 0 Å². The Bertz CT molecular complexity index is 295. The lowest BCUT2D eigenvalue weighted by molar-refractivity contribution is 0.445. The lowest BCUT2D eigenvalue weighted by atomic mass is 10.2. The van der Waals surface area contributed by atoms with Crippen LogP contribution in [0.15, 0.2) is 36.5 Å². The Morgan fingerprint density at radius 2 is 2.00 bits per heavy atom. The normalized spacial score (nSPS) is 16.4. The summed E-state index contributed by atoms with van der Waals surface area (Å²) >= 11 is 1.64. The lowest BCUT2D eigenvalue weighted by Gasteiger charge is -2.02. The highest BCUT2D eigenvalue weighted by Gasteiger charge is 2.09. The van der Waals surface area contributed by atoms with Crippen molar-refractivity contribution in [3.63, 3.8) is 0 Å². The smallest absolute Gasteiger partial charge is 0.0490 e. The van der Waals surface area contributed by atoms with Crippen LogP contribution in [0, 0.1) is 0 Å². The molecule has 0 spiro atoms. The predicted molar refractivity (Wildman–Crippen MR) is 52.9 cm³/mol. The minimum atomic E-state index is 1.26. The van der Waals surface area contributed by atoms with Gasteiger partial charge in [0.1, 0.15) is 0 Å². The number of hydrogen-bond donors (Lipinski definition) is 1. The van der Waals surface area contributed by atoms with Crippen LogP contribution in [-0.4, -0.2) is 12.1 Å². The van der Waals surface area contributed by atoms with Crippen molar-refractivity contribution in [2.45, 2.75) is 0 Å². The maximum Gasteiger partial charge on any atom is 0.0490 e. The molecule has 12 heavy (non-hydrogen) atoms. The average Bonchev–Trinajstić information content (AvgIpc) is 2.54. The first-order valence-corrected chi connectivity index (χ1v) is 4.60. The fraction of sp³-hybridized carbons (Fsp3) is 0.111. The van der Waals surface area contributed by atoms with Crippen LogP contribution < -0.4 is 4.83 Å². The van der Waals surface area contributed by atoms with E-state index in [-0.39, 0.29) is 0 Å². The van der Waals surface area contributed by atoms with Gasteiger partial charge in [-0.3, -0.25) is 0 Å². The van der Waals surface area contributed by atoms with E-state index in [2.05, 4.69) is 35.3 Å². The first kappa shape index (κ1) is 7.71. The Labute approximate surface area is 76.4 Å². The van der Waals surface area contributed by atoms with E-state index in [0.29, 0.717) is 0 Å². The summed E-state index contributed by atoms with van der Waals surface area (Å²) in [7, 11) is 1.99. The second-order valence-electron chi connectivity index (χ2n) is 2.66. The van der Waals surface area contributed by atoms with Crippen molar-refractivity contribution in [3.05, 3.63) is 42.1 Å². The molecular weight excluding hydrogens is 168 g/mol. The number of rotatable bonds is 1. The van der Waals surface area contributed by atoms with Crippen molar-refractivity contribution >= 4 is 16.9 Å². The number of hydrogen-bond acceptors (Lipinski definition) is 3. The Kier molecular flexibility index (Phi) is 2.06. The Morgan fingerprint density at radius 1 is 1.25 bits per heavy atom. The second kappa shape index (κ2) is 3.21. The van der Waals surface area contributed by atoms with E-state index in [4.69, 9.17) is 0 Å². The summed E-state index contributed by atoms with van der Waals surface area (Å²) in [5.74, 6) is 0. The van der Waals surface area contributed by atoms with Crippen molar-refractivity contribution in [1.29, 1.82) is 0 Å². The van der Waals surface area contributed by atoms with Crippen LogP contribution in [0.5, 0.6) is 0 Å². The molecule has 3 heteroatoms. The molecule has 0 saturated heterocycles. The molecule has 0 radical (unpaired) electrons. The highest BCUT2D eigenvalue weighted by atomic mass is 32.2. The van der Waals surface area contributed by atoms with Crippen molar-refractivity contribution in [1.82, 2.24) is 9.84 Å². The van der Waals surface area contributed by atoms with Gasteiger partial charge in [0.05, 0.1) is 0 Å². The first-order valence-electron chi connectivity index (χ1n) is 3.79. The molecule has 0 aliphatic carbocycles. The molecule has 0 aromatic heterocycles. The van der Waals surface area contributed by atoms with Gasteiger partial charge in [-0.15, -0.1) is 0 Å². The van der Waals surface area contributed by atoms with Gasteiger partial charge in [-0.05, 0) is 17.5 Å². The van der Waals surface area contributed by atoms with Gasteiger partial charge in [0, 0.05) is 18.2 Å². The average molecular weight is 178 g/mol. The van der Waals surface area contributed by atoms with Gasteiger partial charge >= 0.3 is 0 Å². The Balaban J connectivity index is 2.27. The van der Waals surface area contributed by atoms with Gasteiger partial charge in [-0.25, -0.2) is 0 Å². The van der Waals surface area contributed by atoms with E-state index in [1.807, 2.05) is 18.1 Å². The van der Waals surface area contributed by atoms with Crippen molar-refractivity contribution in [3.8, 4) is 0 Å². The predicted octanol–water partition coefficient (Wildman–Crippen LogP) is 2.08. The molecule has 0 atom stereocenters. The fourth-order valence-electron chi connectivity index (χ4n) is 1.09. The quantitative estimate of drug-likeness (QED) is 0.663. The van der Waals surface area contributed by atoms with Crippen molar-refractivity contribution < 1.29 is 0 Å². The molecule has 0 fully saturated rings. The molecule has 2 nitrogen and oxygen atoms in total. The summed E-state index contributed by atoms with van der Waals surface area (Å²) in [6.07, 6.45) is 2.08. The zero-order chi connectivity index (χ0) is 8.39. The summed E-state index contributed by atoms with van der Waals surface area (Å²) in [5.41, 5.74) is 1.26. The van der Waals surface area contributed by atoms with E-state index in [9.17, 15) is 0 Å². The van der Waals surface area contributed by atoms with Crippen molar-refractivity contribution in [2.24, 2.45) is 0 Å². The summed E-state index contributed by atoms with van der Waals surface area (Å²) in [6.45, 7) is 0. The van der Waals surface area contributed by atoms with Crippen LogP contribution in [0.2, 0.25) is 0 Å². The maximum atomic E-state index is 3.13. The maximum absolute atomic E-state index is 3.13. The molecule has 2 rings (SSSR count). The van der Waals surface area contributed by atoms with E-state index in [0.717, 1.165) is 0 Å². The zero-order valence-corrected chi connectivity index (χ0v) is 7.64. The highest BCUT2D eigenvalue weighted by molar-refractivity contribution is 8.06. The van der Waals surface area contributed by atoms with Crippen LogP contribution >= 0.6 is 11.9 Å². The zero-order valence-electron chi connectivity index (χ0n) is 6.82. The molecule has 1 aromatic carbocycles. The van der Waals surface area contributed by atoms with Crippen LogP contribution in [0.1, 0.15) is 5.56 Å². The minimum absolute atomic E-state index is 1.26. The second-order valence-corrected chi connectivity index (χ2v) is 3.49. The largest absolute Gasteiger partial charge is 0.308 e. The standard InChI is InChI=1S/C9H10N2S/c1-11-7-9(12-10-11)8-5-3-2-4-6-8/h2-7,10H,1H3. The summed E-state index contributed by atoms with van der Waals surface area (Å²) in [6, 6.07) is 10.4. The van der Waals surface area contributed by atoms with Crippen LogP contribution in [-0.2, 0) is 0 Å². The van der Waals surface area contributed by atoms with Gasteiger partial charge in [0.15, 0.2) is 0 Å². The number of benzene rings is 1. The SMILES string of the molecule is CN1C=C(c2ccccc2)SN1. The molecule has 1 aromatic rings. The molecule has 62 valence electrons. The van der Waals surface area contributed by atoms with Crippen LogP contribution in [0.25, 0.3) is 4.91 Å². The molecule has 1 heterocycles. The number of hydrazine groups is 1. The number of nitrogens with zero attached hydrogens (tertiary/aromatic N) is 1. The van der Waals surface area contributed by atoms with E-state index >= 15 is 0 Å². The van der Waals surface area contributed by atoms with E-state index in [1.54, 1.807) is 11.9 Å². The molecule has 0 amide bonds. The highest BCUT2D eigenvalue weighted by Crippen LogP contribution is 2.29. The van der Waals surface area contributed by atoms with E-state index < -0.39 is 0 Å². The summed E-state index contributed by atoms with van der Waals surface area (Å²) in [5, 5.41) is 1.95. The van der Waals surface area contributed by atoms with Crippen molar-refractivity contribution in [2.75, 3.05) is 7.05 Å². The Hall–Kier alpha value is -0.930. The fourth-order valence-corrected chi connectivity index (χ4v) is 1.85. The molecule has 1 aliphatic heterocycles. The third kappa shape index (κ3) is 1.47. The lowest BCUT2D eigenvalue weighted by Crippen LogP contribution is -2.17. The molecule has 0 unspecified atom stereocenters. The van der Waals surface area contributed by atoms with Gasteiger partial charge in [-0.2, -0.15) is 4.83 Å².